The molecule has 2 saturated heterocycles. The van der Waals surface area contributed by atoms with Crippen LogP contribution in [0.15, 0.2) is 0 Å². The third kappa shape index (κ3) is 3.94. The molecule has 2 aliphatic heterocycles. The highest BCUT2D eigenvalue weighted by Gasteiger charge is 2.21. The van der Waals surface area contributed by atoms with Gasteiger partial charge >= 0.3 is 0 Å². The molecule has 2 rings (SSSR count). The molecule has 2 fully saturated rings. The molecule has 2 aliphatic rings. The van der Waals surface area contributed by atoms with Gasteiger partial charge < -0.3 is 15.0 Å². The van der Waals surface area contributed by atoms with Crippen LogP contribution < -0.4 is 5.32 Å². The Hall–Kier alpha value is -0.650. The lowest BCUT2D eigenvalue weighted by molar-refractivity contribution is -0.132. The standard InChI is InChI=1S/C12H23N3O2/c1-14(9-11-3-2-8-17-11)10-12(16)15-6-4-13-5-7-15/h11,13H,2-10H2,1H3. The summed E-state index contributed by atoms with van der Waals surface area (Å²) in [7, 11) is 2.00. The van der Waals surface area contributed by atoms with E-state index in [1.165, 1.54) is 0 Å². The maximum atomic E-state index is 12.0. The monoisotopic (exact) mass is 241 g/mol. The average Bonchev–Trinajstić information content (AvgIpc) is 2.82. The van der Waals surface area contributed by atoms with Crippen LogP contribution in [0, 0.1) is 0 Å². The van der Waals surface area contributed by atoms with Crippen molar-refractivity contribution in [2.45, 2.75) is 18.9 Å². The lowest BCUT2D eigenvalue weighted by Crippen LogP contribution is -2.49. The molecule has 1 atom stereocenters. The van der Waals surface area contributed by atoms with Crippen molar-refractivity contribution in [3.05, 3.63) is 0 Å². The van der Waals surface area contributed by atoms with Gasteiger partial charge in [0, 0.05) is 39.3 Å². The molecule has 1 amide bonds. The Balaban J connectivity index is 1.69. The second-order valence-corrected chi connectivity index (χ2v) is 4.96. The van der Waals surface area contributed by atoms with Gasteiger partial charge in [-0.15, -0.1) is 0 Å². The zero-order valence-corrected chi connectivity index (χ0v) is 10.7. The second-order valence-electron chi connectivity index (χ2n) is 4.96. The van der Waals surface area contributed by atoms with Crippen molar-refractivity contribution in [3.63, 3.8) is 0 Å². The molecule has 17 heavy (non-hydrogen) atoms. The number of amides is 1. The number of carbonyl (C=O) groups is 1. The Bertz CT molecular complexity index is 248. The van der Waals surface area contributed by atoms with E-state index in [4.69, 9.17) is 4.74 Å². The van der Waals surface area contributed by atoms with Crippen LogP contribution in [0.3, 0.4) is 0 Å². The Morgan fingerprint density at radius 3 is 2.88 bits per heavy atom. The molecule has 0 bridgehead atoms. The van der Waals surface area contributed by atoms with E-state index < -0.39 is 0 Å². The normalized spacial score (nSPS) is 25.5. The minimum atomic E-state index is 0.243. The predicted octanol–water partition coefficient (Wildman–Crippen LogP) is -0.471. The summed E-state index contributed by atoms with van der Waals surface area (Å²) in [4.78, 5) is 16.0. The van der Waals surface area contributed by atoms with Gasteiger partial charge in [0.2, 0.25) is 5.91 Å². The van der Waals surface area contributed by atoms with E-state index in [1.54, 1.807) is 0 Å². The Morgan fingerprint density at radius 1 is 1.47 bits per heavy atom. The molecule has 5 nitrogen and oxygen atoms in total. The Kier molecular flexibility index (Phi) is 4.76. The van der Waals surface area contributed by atoms with Gasteiger partial charge in [0.1, 0.15) is 0 Å². The zero-order valence-electron chi connectivity index (χ0n) is 10.7. The number of likely N-dealkylation sites (N-methyl/N-ethyl adjacent to an activating group) is 1. The molecule has 0 saturated carbocycles. The van der Waals surface area contributed by atoms with Gasteiger partial charge in [0.15, 0.2) is 0 Å². The minimum Gasteiger partial charge on any atom is -0.377 e. The number of hydrogen-bond donors (Lipinski definition) is 1. The molecule has 0 aromatic carbocycles. The van der Waals surface area contributed by atoms with Gasteiger partial charge in [0.25, 0.3) is 0 Å². The quantitative estimate of drug-likeness (QED) is 0.723. The summed E-state index contributed by atoms with van der Waals surface area (Å²) in [6, 6.07) is 0. The molecule has 0 aliphatic carbocycles. The fourth-order valence-corrected chi connectivity index (χ4v) is 2.45. The highest BCUT2D eigenvalue weighted by atomic mass is 16.5. The highest BCUT2D eigenvalue weighted by molar-refractivity contribution is 5.78. The number of carbonyl (C=O) groups excluding carboxylic acids is 1. The Morgan fingerprint density at radius 2 is 2.24 bits per heavy atom. The number of hydrogen-bond acceptors (Lipinski definition) is 4. The fraction of sp³-hybridized carbons (Fsp3) is 0.917. The largest absolute Gasteiger partial charge is 0.377 e. The molecule has 0 radical (unpaired) electrons. The Labute approximate surface area is 103 Å². The smallest absolute Gasteiger partial charge is 0.236 e. The first kappa shape index (κ1) is 12.8. The van der Waals surface area contributed by atoms with Gasteiger partial charge in [-0.1, -0.05) is 0 Å². The molecule has 2 heterocycles. The molecule has 1 N–H and O–H groups in total. The molecule has 0 aromatic heterocycles. The van der Waals surface area contributed by atoms with Gasteiger partial charge in [0.05, 0.1) is 12.6 Å². The van der Waals surface area contributed by atoms with Crippen molar-refractivity contribution in [3.8, 4) is 0 Å². The molecule has 0 aromatic rings. The molecular weight excluding hydrogens is 218 g/mol. The van der Waals surface area contributed by atoms with Gasteiger partial charge in [-0.3, -0.25) is 9.69 Å². The van der Waals surface area contributed by atoms with Crippen LogP contribution in [-0.2, 0) is 9.53 Å². The lowest BCUT2D eigenvalue weighted by atomic mass is 10.2. The third-order valence-electron chi connectivity index (χ3n) is 3.41. The van der Waals surface area contributed by atoms with Crippen LogP contribution in [0.25, 0.3) is 0 Å². The lowest BCUT2D eigenvalue weighted by Gasteiger charge is -2.29. The first-order chi connectivity index (χ1) is 8.25. The number of nitrogens with one attached hydrogen (secondary N) is 1. The van der Waals surface area contributed by atoms with E-state index in [0.717, 1.165) is 52.2 Å². The van der Waals surface area contributed by atoms with E-state index in [2.05, 4.69) is 10.2 Å². The summed E-state index contributed by atoms with van der Waals surface area (Å²) < 4.78 is 5.57. The molecule has 1 unspecified atom stereocenters. The maximum absolute atomic E-state index is 12.0. The van der Waals surface area contributed by atoms with Crippen molar-refractivity contribution in [1.29, 1.82) is 0 Å². The first-order valence-electron chi connectivity index (χ1n) is 6.54. The van der Waals surface area contributed by atoms with E-state index in [0.29, 0.717) is 12.6 Å². The summed E-state index contributed by atoms with van der Waals surface area (Å²) >= 11 is 0. The highest BCUT2D eigenvalue weighted by Crippen LogP contribution is 2.12. The molecule has 5 heteroatoms. The number of rotatable bonds is 4. The average molecular weight is 241 g/mol. The summed E-state index contributed by atoms with van der Waals surface area (Å²) in [6.07, 6.45) is 2.62. The van der Waals surface area contributed by atoms with Crippen LogP contribution in [0.2, 0.25) is 0 Å². The summed E-state index contributed by atoms with van der Waals surface area (Å²) in [5.74, 6) is 0.243. The van der Waals surface area contributed by atoms with Crippen molar-refractivity contribution in [1.82, 2.24) is 15.1 Å². The first-order valence-corrected chi connectivity index (χ1v) is 6.54. The van der Waals surface area contributed by atoms with E-state index >= 15 is 0 Å². The topological polar surface area (TPSA) is 44.8 Å². The summed E-state index contributed by atoms with van der Waals surface area (Å²) in [5, 5.41) is 3.25. The van der Waals surface area contributed by atoms with Crippen LogP contribution in [0.4, 0.5) is 0 Å². The van der Waals surface area contributed by atoms with Crippen molar-refractivity contribution < 1.29 is 9.53 Å². The summed E-state index contributed by atoms with van der Waals surface area (Å²) in [5.41, 5.74) is 0. The third-order valence-corrected chi connectivity index (χ3v) is 3.41. The number of piperazine rings is 1. The van der Waals surface area contributed by atoms with Crippen LogP contribution in [0.5, 0.6) is 0 Å². The van der Waals surface area contributed by atoms with Gasteiger partial charge in [-0.25, -0.2) is 0 Å². The second kappa shape index (κ2) is 6.33. The van der Waals surface area contributed by atoms with Crippen LogP contribution in [-0.4, -0.2) is 74.7 Å². The number of ether oxygens (including phenoxy) is 1. The van der Waals surface area contributed by atoms with Crippen LogP contribution >= 0.6 is 0 Å². The molecule has 0 spiro atoms. The van der Waals surface area contributed by atoms with Crippen LogP contribution in [0.1, 0.15) is 12.8 Å². The van der Waals surface area contributed by atoms with E-state index in [1.807, 2.05) is 11.9 Å². The maximum Gasteiger partial charge on any atom is 0.236 e. The fourth-order valence-electron chi connectivity index (χ4n) is 2.45. The van der Waals surface area contributed by atoms with Crippen molar-refractivity contribution in [2.75, 3.05) is 52.9 Å². The predicted molar refractivity (Wildman–Crippen MR) is 65.9 cm³/mol. The van der Waals surface area contributed by atoms with Crippen molar-refractivity contribution >= 4 is 5.91 Å². The molecule has 98 valence electrons. The van der Waals surface area contributed by atoms with Gasteiger partial charge in [-0.05, 0) is 19.9 Å². The molecular formula is C12H23N3O2. The SMILES string of the molecule is CN(CC(=O)N1CCNCC1)CC1CCCO1. The zero-order chi connectivity index (χ0) is 12.1. The van der Waals surface area contributed by atoms with E-state index in [9.17, 15) is 4.79 Å². The van der Waals surface area contributed by atoms with Gasteiger partial charge in [-0.2, -0.15) is 0 Å². The summed E-state index contributed by atoms with van der Waals surface area (Å²) in [6.45, 7) is 5.78. The van der Waals surface area contributed by atoms with Crippen molar-refractivity contribution in [2.24, 2.45) is 0 Å². The minimum absolute atomic E-state index is 0.243. The van der Waals surface area contributed by atoms with E-state index in [-0.39, 0.29) is 5.91 Å². The number of nitrogens with zero attached hydrogens (tertiary/aromatic N) is 2.